The molecule has 0 saturated carbocycles. The second kappa shape index (κ2) is 7.22. The van der Waals surface area contributed by atoms with Crippen LogP contribution in [0.2, 0.25) is 0 Å². The van der Waals surface area contributed by atoms with Crippen LogP contribution >= 0.6 is 0 Å². The van der Waals surface area contributed by atoms with Crippen molar-refractivity contribution < 1.29 is 9.59 Å². The predicted molar refractivity (Wildman–Crippen MR) is 81.9 cm³/mol. The van der Waals surface area contributed by atoms with Crippen molar-refractivity contribution in [2.75, 3.05) is 19.6 Å². The number of primary amides is 1. The molecule has 1 aromatic rings. The van der Waals surface area contributed by atoms with E-state index in [0.29, 0.717) is 12.1 Å². The summed E-state index contributed by atoms with van der Waals surface area (Å²) in [6.07, 6.45) is 2.83. The molecule has 1 aliphatic rings. The molecule has 0 unspecified atom stereocenters. The number of nitrogens with one attached hydrogen (secondary N) is 1. The summed E-state index contributed by atoms with van der Waals surface area (Å²) < 4.78 is 0. The molecular formula is C16H23N3O2. The molecule has 3 N–H and O–H groups in total. The van der Waals surface area contributed by atoms with E-state index >= 15 is 0 Å². The smallest absolute Gasteiger partial charge is 0.254 e. The zero-order valence-corrected chi connectivity index (χ0v) is 12.5. The average Bonchev–Trinajstić information content (AvgIpc) is 2.50. The third-order valence-electron chi connectivity index (χ3n) is 3.76. The Kier molecular flexibility index (Phi) is 5.33. The summed E-state index contributed by atoms with van der Waals surface area (Å²) in [5.74, 6) is -0.588. The van der Waals surface area contributed by atoms with Crippen molar-refractivity contribution in [2.24, 2.45) is 5.73 Å². The van der Waals surface area contributed by atoms with Gasteiger partial charge >= 0.3 is 0 Å². The second-order valence-electron chi connectivity index (χ2n) is 5.46. The SMILES string of the molecule is CCCCN(CC(N)=O)C(=O)c1ccc2c(c1)CNCC2. The van der Waals surface area contributed by atoms with Crippen LogP contribution < -0.4 is 11.1 Å². The zero-order chi connectivity index (χ0) is 15.2. The molecule has 2 amide bonds. The van der Waals surface area contributed by atoms with Crippen molar-refractivity contribution in [1.29, 1.82) is 0 Å². The number of amides is 2. The molecule has 1 aliphatic heterocycles. The molecule has 0 aromatic heterocycles. The molecule has 0 bridgehead atoms. The average molecular weight is 289 g/mol. The molecule has 0 spiro atoms. The molecule has 0 radical (unpaired) electrons. The molecule has 1 heterocycles. The Hall–Kier alpha value is -1.88. The number of benzene rings is 1. The molecule has 5 nitrogen and oxygen atoms in total. The number of fused-ring (bicyclic) bond motifs is 1. The lowest BCUT2D eigenvalue weighted by Crippen LogP contribution is -2.39. The first-order valence-corrected chi connectivity index (χ1v) is 7.52. The maximum atomic E-state index is 12.6. The van der Waals surface area contributed by atoms with Crippen molar-refractivity contribution in [3.05, 3.63) is 34.9 Å². The van der Waals surface area contributed by atoms with Crippen LogP contribution in [0.3, 0.4) is 0 Å². The molecule has 114 valence electrons. The lowest BCUT2D eigenvalue weighted by Gasteiger charge is -2.23. The quantitative estimate of drug-likeness (QED) is 0.822. The van der Waals surface area contributed by atoms with Crippen LogP contribution in [0.5, 0.6) is 0 Å². The van der Waals surface area contributed by atoms with E-state index < -0.39 is 5.91 Å². The summed E-state index contributed by atoms with van der Waals surface area (Å²) in [6, 6.07) is 5.81. The summed E-state index contributed by atoms with van der Waals surface area (Å²) in [5.41, 5.74) is 8.34. The van der Waals surface area contributed by atoms with Crippen molar-refractivity contribution in [3.8, 4) is 0 Å². The van der Waals surface area contributed by atoms with Gasteiger partial charge in [0.1, 0.15) is 0 Å². The van der Waals surface area contributed by atoms with Gasteiger partial charge in [0.05, 0.1) is 6.54 Å². The Morgan fingerprint density at radius 3 is 2.86 bits per heavy atom. The summed E-state index contributed by atoms with van der Waals surface area (Å²) in [7, 11) is 0. The first kappa shape index (κ1) is 15.5. The first-order valence-electron chi connectivity index (χ1n) is 7.52. The maximum absolute atomic E-state index is 12.6. The Morgan fingerprint density at radius 1 is 1.33 bits per heavy atom. The number of carbonyl (C=O) groups excluding carboxylic acids is 2. The van der Waals surface area contributed by atoms with Crippen molar-refractivity contribution >= 4 is 11.8 Å². The van der Waals surface area contributed by atoms with Gasteiger partial charge in [0.2, 0.25) is 5.91 Å². The van der Waals surface area contributed by atoms with E-state index in [4.69, 9.17) is 5.73 Å². The summed E-state index contributed by atoms with van der Waals surface area (Å²) >= 11 is 0. The molecule has 21 heavy (non-hydrogen) atoms. The van der Waals surface area contributed by atoms with E-state index in [-0.39, 0.29) is 12.5 Å². The van der Waals surface area contributed by atoms with E-state index in [1.165, 1.54) is 11.1 Å². The van der Waals surface area contributed by atoms with Crippen molar-refractivity contribution in [3.63, 3.8) is 0 Å². The van der Waals surface area contributed by atoms with E-state index in [2.05, 4.69) is 12.2 Å². The predicted octanol–water partition coefficient (Wildman–Crippen LogP) is 1.06. The van der Waals surface area contributed by atoms with Crippen LogP contribution in [-0.2, 0) is 17.8 Å². The number of hydrogen-bond acceptors (Lipinski definition) is 3. The van der Waals surface area contributed by atoms with Gasteiger partial charge < -0.3 is 16.0 Å². The minimum Gasteiger partial charge on any atom is -0.368 e. The topological polar surface area (TPSA) is 75.4 Å². The van der Waals surface area contributed by atoms with Gasteiger partial charge in [-0.15, -0.1) is 0 Å². The van der Waals surface area contributed by atoms with Gasteiger partial charge in [-0.3, -0.25) is 9.59 Å². The maximum Gasteiger partial charge on any atom is 0.254 e. The largest absolute Gasteiger partial charge is 0.368 e. The van der Waals surface area contributed by atoms with Crippen molar-refractivity contribution in [1.82, 2.24) is 10.2 Å². The van der Waals surface area contributed by atoms with Gasteiger partial charge in [-0.1, -0.05) is 19.4 Å². The number of rotatable bonds is 6. The molecule has 0 fully saturated rings. The number of nitrogens with zero attached hydrogens (tertiary/aromatic N) is 1. The van der Waals surface area contributed by atoms with E-state index in [1.807, 2.05) is 18.2 Å². The summed E-state index contributed by atoms with van der Waals surface area (Å²) in [6.45, 7) is 4.37. The number of hydrogen-bond donors (Lipinski definition) is 2. The molecule has 2 rings (SSSR count). The first-order chi connectivity index (χ1) is 10.1. The van der Waals surface area contributed by atoms with Crippen molar-refractivity contribution in [2.45, 2.75) is 32.7 Å². The summed E-state index contributed by atoms with van der Waals surface area (Å²) in [4.78, 5) is 25.3. The molecular weight excluding hydrogens is 266 g/mol. The molecule has 0 atom stereocenters. The van der Waals surface area contributed by atoms with Gasteiger partial charge in [-0.05, 0) is 42.6 Å². The van der Waals surface area contributed by atoms with Gasteiger partial charge in [0.25, 0.3) is 5.91 Å². The van der Waals surface area contributed by atoms with Gasteiger partial charge in [-0.2, -0.15) is 0 Å². The zero-order valence-electron chi connectivity index (χ0n) is 12.5. The third-order valence-corrected chi connectivity index (χ3v) is 3.76. The van der Waals surface area contributed by atoms with E-state index in [1.54, 1.807) is 4.90 Å². The highest BCUT2D eigenvalue weighted by Gasteiger charge is 2.19. The van der Waals surface area contributed by atoms with E-state index in [9.17, 15) is 9.59 Å². The standard InChI is InChI=1S/C16H23N3O2/c1-2-3-8-19(11-15(17)20)16(21)13-5-4-12-6-7-18-10-14(12)9-13/h4-5,9,18H,2-3,6-8,10-11H2,1H3,(H2,17,20). The number of carbonyl (C=O) groups is 2. The fourth-order valence-corrected chi connectivity index (χ4v) is 2.59. The molecule has 1 aromatic carbocycles. The minimum absolute atomic E-state index is 0.0197. The van der Waals surface area contributed by atoms with Crippen LogP contribution in [0.15, 0.2) is 18.2 Å². The monoisotopic (exact) mass is 289 g/mol. The molecule has 0 saturated heterocycles. The van der Waals surface area contributed by atoms with E-state index in [0.717, 1.165) is 32.4 Å². The van der Waals surface area contributed by atoms with Gasteiger partial charge in [-0.25, -0.2) is 0 Å². The highest BCUT2D eigenvalue weighted by molar-refractivity contribution is 5.96. The molecule has 5 heteroatoms. The second-order valence-corrected chi connectivity index (χ2v) is 5.46. The third kappa shape index (κ3) is 4.04. The number of unbranched alkanes of at least 4 members (excludes halogenated alkanes) is 1. The van der Waals surface area contributed by atoms with Crippen LogP contribution in [0.1, 0.15) is 41.3 Å². The lowest BCUT2D eigenvalue weighted by atomic mass is 9.98. The Labute approximate surface area is 125 Å². The Balaban J connectivity index is 2.17. The van der Waals surface area contributed by atoms with Crippen LogP contribution in [-0.4, -0.2) is 36.3 Å². The Bertz CT molecular complexity index is 528. The highest BCUT2D eigenvalue weighted by atomic mass is 16.2. The number of nitrogens with two attached hydrogens (primary N) is 1. The Morgan fingerprint density at radius 2 is 2.14 bits per heavy atom. The van der Waals surface area contributed by atoms with Gasteiger partial charge in [0, 0.05) is 18.7 Å². The molecule has 0 aliphatic carbocycles. The minimum atomic E-state index is -0.473. The van der Waals surface area contributed by atoms with Crippen LogP contribution in [0.4, 0.5) is 0 Å². The summed E-state index contributed by atoms with van der Waals surface area (Å²) in [5, 5.41) is 3.30. The van der Waals surface area contributed by atoms with Gasteiger partial charge in [0.15, 0.2) is 0 Å². The lowest BCUT2D eigenvalue weighted by molar-refractivity contribution is -0.118. The van der Waals surface area contributed by atoms with Crippen LogP contribution in [0, 0.1) is 0 Å². The normalized spacial score (nSPS) is 13.6. The fraction of sp³-hybridized carbons (Fsp3) is 0.500. The fourth-order valence-electron chi connectivity index (χ4n) is 2.59. The highest BCUT2D eigenvalue weighted by Crippen LogP contribution is 2.17. The van der Waals surface area contributed by atoms with Crippen LogP contribution in [0.25, 0.3) is 0 Å².